The molecular weight excluding hydrogens is 256 g/mol. The van der Waals surface area contributed by atoms with Crippen molar-refractivity contribution in [3.05, 3.63) is 48.5 Å². The van der Waals surface area contributed by atoms with E-state index in [2.05, 4.69) is 5.32 Å². The van der Waals surface area contributed by atoms with Gasteiger partial charge in [-0.1, -0.05) is 0 Å². The van der Waals surface area contributed by atoms with E-state index in [0.29, 0.717) is 17.1 Å². The molecule has 3 N–H and O–H groups in total. The number of nitrogens with one attached hydrogen (secondary N) is 1. The van der Waals surface area contributed by atoms with Crippen molar-refractivity contribution in [2.75, 3.05) is 24.8 Å². The van der Waals surface area contributed by atoms with Crippen LogP contribution in [-0.4, -0.2) is 19.6 Å². The molecule has 0 saturated carbocycles. The van der Waals surface area contributed by atoms with Gasteiger partial charge in [-0.2, -0.15) is 0 Å². The summed E-state index contributed by atoms with van der Waals surface area (Å²) in [6, 6.07) is 14.0. The van der Waals surface area contributed by atoms with Crippen LogP contribution in [0.2, 0.25) is 0 Å². The van der Waals surface area contributed by atoms with Gasteiger partial charge in [0.15, 0.2) is 6.61 Å². The van der Waals surface area contributed by atoms with Crippen LogP contribution in [0.3, 0.4) is 0 Å². The number of ether oxygens (including phenoxy) is 2. The summed E-state index contributed by atoms with van der Waals surface area (Å²) in [6.45, 7) is -0.0596. The number of benzene rings is 2. The number of hydrogen-bond acceptors (Lipinski definition) is 4. The highest BCUT2D eigenvalue weighted by Crippen LogP contribution is 2.15. The van der Waals surface area contributed by atoms with E-state index in [-0.39, 0.29) is 12.5 Å². The molecule has 0 aliphatic carbocycles. The number of nitrogens with two attached hydrogens (primary N) is 1. The van der Waals surface area contributed by atoms with Crippen molar-refractivity contribution in [3.63, 3.8) is 0 Å². The predicted octanol–water partition coefficient (Wildman–Crippen LogP) is 2.29. The fourth-order valence-corrected chi connectivity index (χ4v) is 1.58. The van der Waals surface area contributed by atoms with Crippen LogP contribution in [0.25, 0.3) is 0 Å². The fraction of sp³-hybridized carbons (Fsp3) is 0.133. The third kappa shape index (κ3) is 3.91. The maximum Gasteiger partial charge on any atom is 0.262 e. The Morgan fingerprint density at radius 1 is 1.05 bits per heavy atom. The van der Waals surface area contributed by atoms with Crippen LogP contribution in [0.15, 0.2) is 48.5 Å². The number of amides is 1. The molecule has 0 spiro atoms. The maximum atomic E-state index is 11.7. The first-order chi connectivity index (χ1) is 9.67. The lowest BCUT2D eigenvalue weighted by Crippen LogP contribution is -2.20. The van der Waals surface area contributed by atoms with Crippen molar-refractivity contribution in [1.29, 1.82) is 0 Å². The number of hydrogen-bond donors (Lipinski definition) is 2. The van der Waals surface area contributed by atoms with Crippen LogP contribution >= 0.6 is 0 Å². The van der Waals surface area contributed by atoms with Gasteiger partial charge >= 0.3 is 0 Å². The van der Waals surface area contributed by atoms with E-state index in [1.165, 1.54) is 0 Å². The quantitative estimate of drug-likeness (QED) is 0.819. The molecule has 0 aliphatic rings. The average Bonchev–Trinajstić information content (AvgIpc) is 2.47. The molecule has 0 aromatic heterocycles. The summed E-state index contributed by atoms with van der Waals surface area (Å²) in [5.74, 6) is 1.11. The third-order valence-electron chi connectivity index (χ3n) is 2.62. The van der Waals surface area contributed by atoms with Crippen molar-refractivity contribution in [1.82, 2.24) is 0 Å². The van der Waals surface area contributed by atoms with E-state index < -0.39 is 0 Å². The zero-order chi connectivity index (χ0) is 14.4. The number of nitrogen functional groups attached to an aromatic ring is 1. The predicted molar refractivity (Wildman–Crippen MR) is 78.0 cm³/mol. The lowest BCUT2D eigenvalue weighted by molar-refractivity contribution is -0.118. The number of rotatable bonds is 5. The van der Waals surface area contributed by atoms with Gasteiger partial charge in [0.2, 0.25) is 0 Å². The zero-order valence-corrected chi connectivity index (χ0v) is 11.1. The molecule has 104 valence electrons. The number of anilines is 2. The molecule has 2 aromatic rings. The first kappa shape index (κ1) is 13.7. The minimum Gasteiger partial charge on any atom is -0.497 e. The Hall–Kier alpha value is -2.69. The zero-order valence-electron chi connectivity index (χ0n) is 11.1. The highest BCUT2D eigenvalue weighted by atomic mass is 16.5. The van der Waals surface area contributed by atoms with Gasteiger partial charge in [-0.3, -0.25) is 4.79 Å². The molecule has 0 saturated heterocycles. The standard InChI is InChI=1S/C15H16N2O3/c1-19-13-8-4-12(5-9-13)17-15(18)10-20-14-6-2-11(16)3-7-14/h2-9H,10,16H2,1H3,(H,17,18). The van der Waals surface area contributed by atoms with E-state index in [4.69, 9.17) is 15.2 Å². The van der Waals surface area contributed by atoms with Gasteiger partial charge in [0, 0.05) is 11.4 Å². The van der Waals surface area contributed by atoms with Gasteiger partial charge in [0.1, 0.15) is 11.5 Å². The highest BCUT2D eigenvalue weighted by Gasteiger charge is 2.04. The van der Waals surface area contributed by atoms with E-state index >= 15 is 0 Å². The molecule has 0 unspecified atom stereocenters. The van der Waals surface area contributed by atoms with Crippen LogP contribution in [0.1, 0.15) is 0 Å². The van der Waals surface area contributed by atoms with Gasteiger partial charge in [-0.15, -0.1) is 0 Å². The first-order valence-corrected chi connectivity index (χ1v) is 6.09. The summed E-state index contributed by atoms with van der Waals surface area (Å²) < 4.78 is 10.4. The summed E-state index contributed by atoms with van der Waals surface area (Å²) in [4.78, 5) is 11.7. The van der Waals surface area contributed by atoms with Crippen molar-refractivity contribution < 1.29 is 14.3 Å². The van der Waals surface area contributed by atoms with Crippen LogP contribution < -0.4 is 20.5 Å². The second-order valence-corrected chi connectivity index (χ2v) is 4.13. The molecule has 20 heavy (non-hydrogen) atoms. The van der Waals surface area contributed by atoms with E-state index in [1.54, 1.807) is 55.6 Å². The Kier molecular flexibility index (Phi) is 4.44. The monoisotopic (exact) mass is 272 g/mol. The van der Waals surface area contributed by atoms with Gasteiger partial charge < -0.3 is 20.5 Å². The van der Waals surface area contributed by atoms with Crippen LogP contribution in [0.4, 0.5) is 11.4 Å². The van der Waals surface area contributed by atoms with E-state index in [9.17, 15) is 4.79 Å². The number of methoxy groups -OCH3 is 1. The summed E-state index contributed by atoms with van der Waals surface area (Å²) in [5.41, 5.74) is 6.91. The van der Waals surface area contributed by atoms with Gasteiger partial charge in [-0.05, 0) is 48.5 Å². The molecule has 2 aromatic carbocycles. The van der Waals surface area contributed by atoms with E-state index in [0.717, 1.165) is 5.75 Å². The molecule has 0 aliphatic heterocycles. The first-order valence-electron chi connectivity index (χ1n) is 6.09. The summed E-state index contributed by atoms with van der Waals surface area (Å²) in [6.07, 6.45) is 0. The number of carbonyl (C=O) groups is 1. The lowest BCUT2D eigenvalue weighted by atomic mass is 10.3. The second kappa shape index (κ2) is 6.47. The molecular formula is C15H16N2O3. The van der Waals surface area contributed by atoms with Gasteiger partial charge in [-0.25, -0.2) is 0 Å². The van der Waals surface area contributed by atoms with Crippen molar-refractivity contribution in [2.45, 2.75) is 0 Å². The molecule has 0 heterocycles. The second-order valence-electron chi connectivity index (χ2n) is 4.13. The number of carbonyl (C=O) groups excluding carboxylic acids is 1. The third-order valence-corrected chi connectivity index (χ3v) is 2.62. The molecule has 2 rings (SSSR count). The average molecular weight is 272 g/mol. The molecule has 0 bridgehead atoms. The van der Waals surface area contributed by atoms with Gasteiger partial charge in [0.05, 0.1) is 7.11 Å². The maximum absolute atomic E-state index is 11.7. The Bertz CT molecular complexity index is 565. The Morgan fingerprint density at radius 2 is 1.65 bits per heavy atom. The molecule has 5 nitrogen and oxygen atoms in total. The molecule has 0 radical (unpaired) electrons. The SMILES string of the molecule is COc1ccc(NC(=O)COc2ccc(N)cc2)cc1. The Morgan fingerprint density at radius 3 is 2.25 bits per heavy atom. The van der Waals surface area contributed by atoms with Crippen molar-refractivity contribution in [2.24, 2.45) is 0 Å². The minimum absolute atomic E-state index is 0.0596. The fourth-order valence-electron chi connectivity index (χ4n) is 1.58. The lowest BCUT2D eigenvalue weighted by Gasteiger charge is -2.08. The molecule has 1 amide bonds. The van der Waals surface area contributed by atoms with Crippen LogP contribution in [0, 0.1) is 0 Å². The van der Waals surface area contributed by atoms with E-state index in [1.807, 2.05) is 0 Å². The summed E-state index contributed by atoms with van der Waals surface area (Å²) in [5, 5.41) is 2.73. The Labute approximate surface area is 117 Å². The van der Waals surface area contributed by atoms with Crippen molar-refractivity contribution in [3.8, 4) is 11.5 Å². The smallest absolute Gasteiger partial charge is 0.262 e. The molecule has 0 atom stereocenters. The molecule has 5 heteroatoms. The van der Waals surface area contributed by atoms with Gasteiger partial charge in [0.25, 0.3) is 5.91 Å². The summed E-state index contributed by atoms with van der Waals surface area (Å²) in [7, 11) is 1.59. The normalized spacial score (nSPS) is 9.85. The Balaban J connectivity index is 1.84. The summed E-state index contributed by atoms with van der Waals surface area (Å²) >= 11 is 0. The minimum atomic E-state index is -0.230. The topological polar surface area (TPSA) is 73.6 Å². The largest absolute Gasteiger partial charge is 0.497 e. The van der Waals surface area contributed by atoms with Crippen LogP contribution in [0.5, 0.6) is 11.5 Å². The van der Waals surface area contributed by atoms with Crippen molar-refractivity contribution >= 4 is 17.3 Å². The highest BCUT2D eigenvalue weighted by molar-refractivity contribution is 5.91. The molecule has 0 fully saturated rings. The van der Waals surface area contributed by atoms with Crippen LogP contribution in [-0.2, 0) is 4.79 Å².